The Balaban J connectivity index is 2.55. The summed E-state index contributed by atoms with van der Waals surface area (Å²) >= 11 is 0. The molecular formula is C10H14N4O3. The molecule has 0 aliphatic heterocycles. The average molecular weight is 238 g/mol. The van der Waals surface area contributed by atoms with Crippen LogP contribution in [0.1, 0.15) is 12.1 Å². The molecule has 0 spiro atoms. The van der Waals surface area contributed by atoms with Crippen molar-refractivity contribution in [2.45, 2.75) is 19.9 Å². The lowest BCUT2D eigenvalue weighted by Crippen LogP contribution is -2.24. The predicted octanol–water partition coefficient (Wildman–Crippen LogP) is 0.792. The van der Waals surface area contributed by atoms with Gasteiger partial charge in [-0.3, -0.25) is 19.6 Å². The van der Waals surface area contributed by atoms with Gasteiger partial charge in [-0.1, -0.05) is 6.08 Å². The molecule has 0 fully saturated rings. The van der Waals surface area contributed by atoms with Crippen molar-refractivity contribution >= 4 is 11.6 Å². The molecule has 1 N–H and O–H groups in total. The van der Waals surface area contributed by atoms with Crippen LogP contribution in [-0.2, 0) is 11.3 Å². The SMILES string of the molecule is C=CCNC(=O)CCn1ncc([N+](=O)[O-])c1C. The van der Waals surface area contributed by atoms with E-state index in [9.17, 15) is 14.9 Å². The highest BCUT2D eigenvalue weighted by Crippen LogP contribution is 2.15. The maximum Gasteiger partial charge on any atom is 0.309 e. The minimum Gasteiger partial charge on any atom is -0.353 e. The van der Waals surface area contributed by atoms with Crippen molar-refractivity contribution in [2.24, 2.45) is 0 Å². The second-order valence-corrected chi connectivity index (χ2v) is 3.44. The van der Waals surface area contributed by atoms with Gasteiger partial charge < -0.3 is 5.32 Å². The molecular weight excluding hydrogens is 224 g/mol. The Hall–Kier alpha value is -2.18. The number of nitro groups is 1. The third-order valence-electron chi connectivity index (χ3n) is 2.27. The maximum absolute atomic E-state index is 11.3. The Morgan fingerprint density at radius 3 is 3.00 bits per heavy atom. The van der Waals surface area contributed by atoms with Gasteiger partial charge in [0.1, 0.15) is 11.9 Å². The van der Waals surface area contributed by atoms with Crippen molar-refractivity contribution in [1.82, 2.24) is 15.1 Å². The van der Waals surface area contributed by atoms with E-state index in [1.165, 1.54) is 10.9 Å². The average Bonchev–Trinajstić information content (AvgIpc) is 2.65. The van der Waals surface area contributed by atoms with Gasteiger partial charge in [-0.05, 0) is 6.92 Å². The lowest BCUT2D eigenvalue weighted by Gasteiger charge is -2.04. The van der Waals surface area contributed by atoms with Crippen LogP contribution in [0.15, 0.2) is 18.9 Å². The fourth-order valence-electron chi connectivity index (χ4n) is 1.32. The summed E-state index contributed by atoms with van der Waals surface area (Å²) in [6.07, 6.45) is 3.01. The molecule has 7 nitrogen and oxygen atoms in total. The number of nitrogens with one attached hydrogen (secondary N) is 1. The van der Waals surface area contributed by atoms with Crippen molar-refractivity contribution in [3.8, 4) is 0 Å². The summed E-state index contributed by atoms with van der Waals surface area (Å²) in [7, 11) is 0. The summed E-state index contributed by atoms with van der Waals surface area (Å²) in [6, 6.07) is 0. The zero-order valence-corrected chi connectivity index (χ0v) is 9.55. The molecule has 0 radical (unpaired) electrons. The summed E-state index contributed by atoms with van der Waals surface area (Å²) in [5, 5.41) is 17.1. The predicted molar refractivity (Wildman–Crippen MR) is 61.4 cm³/mol. The molecule has 0 saturated carbocycles. The number of hydrogen-bond acceptors (Lipinski definition) is 4. The van der Waals surface area contributed by atoms with Crippen molar-refractivity contribution in [1.29, 1.82) is 0 Å². The lowest BCUT2D eigenvalue weighted by molar-refractivity contribution is -0.385. The molecule has 17 heavy (non-hydrogen) atoms. The van der Waals surface area contributed by atoms with Crippen LogP contribution in [0.25, 0.3) is 0 Å². The van der Waals surface area contributed by atoms with Crippen LogP contribution in [0.3, 0.4) is 0 Å². The molecule has 0 saturated heterocycles. The van der Waals surface area contributed by atoms with Gasteiger partial charge >= 0.3 is 5.69 Å². The van der Waals surface area contributed by atoms with Gasteiger partial charge in [0.25, 0.3) is 0 Å². The monoisotopic (exact) mass is 238 g/mol. The zero-order valence-electron chi connectivity index (χ0n) is 9.55. The van der Waals surface area contributed by atoms with Gasteiger partial charge in [-0.15, -0.1) is 6.58 Å². The minimum atomic E-state index is -0.489. The van der Waals surface area contributed by atoms with Gasteiger partial charge in [0.2, 0.25) is 5.91 Å². The molecule has 92 valence electrons. The Kier molecular flexibility index (Phi) is 4.38. The smallest absolute Gasteiger partial charge is 0.309 e. The first kappa shape index (κ1) is 12.9. The summed E-state index contributed by atoms with van der Waals surface area (Å²) in [6.45, 7) is 5.82. The van der Waals surface area contributed by atoms with Gasteiger partial charge in [0.05, 0.1) is 11.5 Å². The number of hydrogen-bond donors (Lipinski definition) is 1. The van der Waals surface area contributed by atoms with E-state index in [-0.39, 0.29) is 18.0 Å². The minimum absolute atomic E-state index is 0.0310. The molecule has 0 aromatic carbocycles. The van der Waals surface area contributed by atoms with E-state index < -0.39 is 4.92 Å². The summed E-state index contributed by atoms with van der Waals surface area (Å²) in [4.78, 5) is 21.4. The van der Waals surface area contributed by atoms with Crippen LogP contribution in [0.5, 0.6) is 0 Å². The fourth-order valence-corrected chi connectivity index (χ4v) is 1.32. The van der Waals surface area contributed by atoms with Crippen LogP contribution < -0.4 is 5.32 Å². The van der Waals surface area contributed by atoms with Crippen molar-refractivity contribution in [2.75, 3.05) is 6.54 Å². The number of amides is 1. The number of carbonyl (C=O) groups excluding carboxylic acids is 1. The van der Waals surface area contributed by atoms with E-state index in [2.05, 4.69) is 17.0 Å². The Morgan fingerprint density at radius 2 is 2.47 bits per heavy atom. The highest BCUT2D eigenvalue weighted by Gasteiger charge is 2.16. The number of carbonyl (C=O) groups is 1. The largest absolute Gasteiger partial charge is 0.353 e. The maximum atomic E-state index is 11.3. The van der Waals surface area contributed by atoms with E-state index in [0.29, 0.717) is 18.8 Å². The second-order valence-electron chi connectivity index (χ2n) is 3.44. The molecule has 0 unspecified atom stereocenters. The zero-order chi connectivity index (χ0) is 12.8. The normalized spacial score (nSPS) is 9.94. The molecule has 1 amide bonds. The van der Waals surface area contributed by atoms with E-state index in [0.717, 1.165) is 0 Å². The summed E-state index contributed by atoms with van der Waals surface area (Å²) < 4.78 is 1.45. The third-order valence-corrected chi connectivity index (χ3v) is 2.27. The quantitative estimate of drug-likeness (QED) is 0.450. The highest BCUT2D eigenvalue weighted by molar-refractivity contribution is 5.75. The van der Waals surface area contributed by atoms with Gasteiger partial charge in [-0.25, -0.2) is 0 Å². The highest BCUT2D eigenvalue weighted by atomic mass is 16.6. The van der Waals surface area contributed by atoms with E-state index in [1.807, 2.05) is 0 Å². The van der Waals surface area contributed by atoms with Crippen LogP contribution >= 0.6 is 0 Å². The first-order valence-electron chi connectivity index (χ1n) is 5.10. The van der Waals surface area contributed by atoms with Crippen molar-refractivity contribution in [3.05, 3.63) is 34.7 Å². The molecule has 1 aromatic heterocycles. The standard InChI is InChI=1S/C10H14N4O3/c1-3-5-11-10(15)4-6-13-8(2)9(7-12-13)14(16)17/h3,7H,1,4-6H2,2H3,(H,11,15). The number of aryl methyl sites for hydroxylation is 1. The molecule has 0 atom stereocenters. The Bertz CT molecular complexity index is 439. The summed E-state index contributed by atoms with van der Waals surface area (Å²) in [5.74, 6) is -0.137. The number of rotatable bonds is 6. The van der Waals surface area contributed by atoms with Gasteiger partial charge in [0, 0.05) is 13.0 Å². The molecule has 1 rings (SSSR count). The number of nitrogens with zero attached hydrogens (tertiary/aromatic N) is 3. The summed E-state index contributed by atoms with van der Waals surface area (Å²) in [5.41, 5.74) is 0.419. The van der Waals surface area contributed by atoms with Crippen LogP contribution in [0.2, 0.25) is 0 Å². The van der Waals surface area contributed by atoms with Crippen LogP contribution in [0.4, 0.5) is 5.69 Å². The molecule has 7 heteroatoms. The fraction of sp³-hybridized carbons (Fsp3) is 0.400. The van der Waals surface area contributed by atoms with Gasteiger partial charge in [-0.2, -0.15) is 5.10 Å². The third kappa shape index (κ3) is 3.40. The second kappa shape index (κ2) is 5.78. The van der Waals surface area contributed by atoms with E-state index in [1.54, 1.807) is 13.0 Å². The van der Waals surface area contributed by atoms with E-state index in [4.69, 9.17) is 0 Å². The molecule has 0 aliphatic rings. The van der Waals surface area contributed by atoms with E-state index >= 15 is 0 Å². The van der Waals surface area contributed by atoms with Crippen molar-refractivity contribution in [3.63, 3.8) is 0 Å². The van der Waals surface area contributed by atoms with Crippen LogP contribution in [0, 0.1) is 17.0 Å². The van der Waals surface area contributed by atoms with Crippen molar-refractivity contribution < 1.29 is 9.72 Å². The van der Waals surface area contributed by atoms with Gasteiger partial charge in [0.15, 0.2) is 0 Å². The van der Waals surface area contributed by atoms with Crippen LogP contribution in [-0.4, -0.2) is 27.2 Å². The topological polar surface area (TPSA) is 90.1 Å². The molecule has 1 heterocycles. The Morgan fingerprint density at radius 1 is 1.76 bits per heavy atom. The lowest BCUT2D eigenvalue weighted by atomic mass is 10.3. The Labute approximate surface area is 98.3 Å². The first-order valence-corrected chi connectivity index (χ1v) is 5.10. The first-order chi connectivity index (χ1) is 8.06. The molecule has 1 aromatic rings. The molecule has 0 bridgehead atoms. The molecule has 0 aliphatic carbocycles. The number of aromatic nitrogens is 2.